The van der Waals surface area contributed by atoms with Gasteiger partial charge in [-0.25, -0.2) is 0 Å². The molecule has 0 unspecified atom stereocenters. The van der Waals surface area contributed by atoms with Gasteiger partial charge in [0.2, 0.25) is 0 Å². The Morgan fingerprint density at radius 1 is 1.05 bits per heavy atom. The zero-order chi connectivity index (χ0) is 14.8. The maximum atomic E-state index is 12.0. The summed E-state index contributed by atoms with van der Waals surface area (Å²) in [5.74, 6) is 0.232. The molecule has 0 atom stereocenters. The molecule has 0 amide bonds. The molecule has 1 aromatic carbocycles. The highest BCUT2D eigenvalue weighted by molar-refractivity contribution is 6.29. The first kappa shape index (κ1) is 14.4. The van der Waals surface area contributed by atoms with Gasteiger partial charge in [0.25, 0.3) is 0 Å². The molecule has 4 nitrogen and oxygen atoms in total. The van der Waals surface area contributed by atoms with Crippen molar-refractivity contribution in [3.8, 4) is 5.75 Å². The van der Waals surface area contributed by atoms with Crippen molar-refractivity contribution in [2.24, 2.45) is 0 Å². The average Bonchev–Trinajstić information content (AvgIpc) is 2.38. The SMILES string of the molecule is CN(c1ccc(OC(F)(F)F)cc1)c1ccc(Cl)nn1. The summed E-state index contributed by atoms with van der Waals surface area (Å²) in [6, 6.07) is 8.64. The topological polar surface area (TPSA) is 38.2 Å². The quantitative estimate of drug-likeness (QED) is 0.864. The number of hydrogen-bond donors (Lipinski definition) is 0. The number of aromatic nitrogens is 2. The maximum Gasteiger partial charge on any atom is 0.573 e. The Morgan fingerprint density at radius 3 is 2.20 bits per heavy atom. The number of alkyl halides is 3. The van der Waals surface area contributed by atoms with E-state index in [9.17, 15) is 13.2 Å². The highest BCUT2D eigenvalue weighted by Gasteiger charge is 2.31. The molecule has 0 aliphatic carbocycles. The third-order valence-electron chi connectivity index (χ3n) is 2.42. The standard InChI is InChI=1S/C12H9ClF3N3O/c1-19(11-7-6-10(13)17-18-11)8-2-4-9(5-3-8)20-12(14,15)16/h2-7H,1H3. The maximum absolute atomic E-state index is 12.0. The molecule has 0 saturated heterocycles. The molecule has 0 aliphatic rings. The van der Waals surface area contributed by atoms with Crippen LogP contribution in [0.5, 0.6) is 5.75 Å². The molecular weight excluding hydrogens is 295 g/mol. The van der Waals surface area contributed by atoms with Crippen molar-refractivity contribution in [3.05, 3.63) is 41.6 Å². The normalized spacial score (nSPS) is 11.2. The van der Waals surface area contributed by atoms with E-state index in [0.29, 0.717) is 11.5 Å². The largest absolute Gasteiger partial charge is 0.573 e. The van der Waals surface area contributed by atoms with E-state index in [0.717, 1.165) is 0 Å². The molecule has 2 aromatic rings. The Bertz CT molecular complexity index is 572. The van der Waals surface area contributed by atoms with Gasteiger partial charge in [-0.3, -0.25) is 0 Å². The molecule has 8 heteroatoms. The van der Waals surface area contributed by atoms with Crippen molar-refractivity contribution in [1.82, 2.24) is 10.2 Å². The number of ether oxygens (including phenoxy) is 1. The fraction of sp³-hybridized carbons (Fsp3) is 0.167. The lowest BCUT2D eigenvalue weighted by Gasteiger charge is -2.18. The van der Waals surface area contributed by atoms with E-state index in [4.69, 9.17) is 11.6 Å². The summed E-state index contributed by atoms with van der Waals surface area (Å²) < 4.78 is 39.9. The fourth-order valence-corrected chi connectivity index (χ4v) is 1.59. The second-order valence-electron chi connectivity index (χ2n) is 3.81. The second-order valence-corrected chi connectivity index (χ2v) is 4.20. The highest BCUT2D eigenvalue weighted by atomic mass is 35.5. The van der Waals surface area contributed by atoms with Crippen LogP contribution in [0.15, 0.2) is 36.4 Å². The molecule has 2 rings (SSSR count). The number of hydrogen-bond acceptors (Lipinski definition) is 4. The summed E-state index contributed by atoms with van der Waals surface area (Å²) in [6.45, 7) is 0. The van der Waals surface area contributed by atoms with Crippen LogP contribution in [0.2, 0.25) is 5.15 Å². The van der Waals surface area contributed by atoms with Gasteiger partial charge in [0, 0.05) is 12.7 Å². The molecule has 20 heavy (non-hydrogen) atoms. The van der Waals surface area contributed by atoms with Crippen molar-refractivity contribution in [2.45, 2.75) is 6.36 Å². The monoisotopic (exact) mass is 303 g/mol. The van der Waals surface area contributed by atoms with E-state index in [1.165, 1.54) is 24.3 Å². The van der Waals surface area contributed by atoms with Gasteiger partial charge in [-0.1, -0.05) is 11.6 Å². The van der Waals surface area contributed by atoms with Crippen LogP contribution in [0.25, 0.3) is 0 Å². The molecule has 0 bridgehead atoms. The first-order chi connectivity index (χ1) is 9.35. The van der Waals surface area contributed by atoms with Gasteiger partial charge in [-0.05, 0) is 36.4 Å². The van der Waals surface area contributed by atoms with E-state index >= 15 is 0 Å². The Hall–Kier alpha value is -2.02. The Labute approximate surface area is 117 Å². The van der Waals surface area contributed by atoms with Gasteiger partial charge in [0.15, 0.2) is 11.0 Å². The minimum absolute atomic E-state index is 0.260. The van der Waals surface area contributed by atoms with Crippen LogP contribution in [0.3, 0.4) is 0 Å². The van der Waals surface area contributed by atoms with Gasteiger partial charge in [-0.15, -0.1) is 23.4 Å². The number of nitrogens with zero attached hydrogens (tertiary/aromatic N) is 3. The molecular formula is C12H9ClF3N3O. The minimum atomic E-state index is -4.70. The second kappa shape index (κ2) is 5.54. The van der Waals surface area contributed by atoms with Crippen LogP contribution in [0, 0.1) is 0 Å². The Kier molecular flexibility index (Phi) is 3.99. The zero-order valence-electron chi connectivity index (χ0n) is 10.2. The highest BCUT2D eigenvalue weighted by Crippen LogP contribution is 2.27. The van der Waals surface area contributed by atoms with E-state index in [1.54, 1.807) is 24.1 Å². The number of anilines is 2. The summed E-state index contributed by atoms with van der Waals surface area (Å²) >= 11 is 5.63. The third-order valence-corrected chi connectivity index (χ3v) is 2.62. The minimum Gasteiger partial charge on any atom is -0.406 e. The first-order valence-corrected chi connectivity index (χ1v) is 5.82. The summed E-state index contributed by atoms with van der Waals surface area (Å²) in [6.07, 6.45) is -4.70. The van der Waals surface area contributed by atoms with Gasteiger partial charge in [0.1, 0.15) is 5.75 Å². The van der Waals surface area contributed by atoms with E-state index in [2.05, 4.69) is 14.9 Å². The summed E-state index contributed by atoms with van der Waals surface area (Å²) in [7, 11) is 1.71. The van der Waals surface area contributed by atoms with Crippen molar-refractivity contribution in [3.63, 3.8) is 0 Å². The summed E-state index contributed by atoms with van der Waals surface area (Å²) in [5.41, 5.74) is 0.635. The number of halogens is 4. The van der Waals surface area contributed by atoms with Gasteiger partial charge < -0.3 is 9.64 Å². The molecule has 0 radical (unpaired) electrons. The summed E-state index contributed by atoms with van der Waals surface area (Å²) in [4.78, 5) is 1.65. The van der Waals surface area contributed by atoms with Crippen molar-refractivity contribution >= 4 is 23.1 Å². The molecule has 106 valence electrons. The lowest BCUT2D eigenvalue weighted by atomic mass is 10.3. The zero-order valence-corrected chi connectivity index (χ0v) is 11.0. The Balaban J connectivity index is 2.15. The number of benzene rings is 1. The molecule has 0 spiro atoms. The molecule has 1 heterocycles. The third kappa shape index (κ3) is 3.74. The lowest BCUT2D eigenvalue weighted by Crippen LogP contribution is -2.17. The van der Waals surface area contributed by atoms with Crippen LogP contribution in [-0.4, -0.2) is 23.6 Å². The molecule has 0 saturated carbocycles. The van der Waals surface area contributed by atoms with Crippen LogP contribution in [0.4, 0.5) is 24.7 Å². The van der Waals surface area contributed by atoms with Crippen LogP contribution < -0.4 is 9.64 Å². The molecule has 0 aliphatic heterocycles. The smallest absolute Gasteiger partial charge is 0.406 e. The fourth-order valence-electron chi connectivity index (χ4n) is 1.49. The van der Waals surface area contributed by atoms with Crippen LogP contribution >= 0.6 is 11.6 Å². The summed E-state index contributed by atoms with van der Waals surface area (Å²) in [5, 5.41) is 7.82. The van der Waals surface area contributed by atoms with Crippen molar-refractivity contribution < 1.29 is 17.9 Å². The van der Waals surface area contributed by atoms with E-state index < -0.39 is 6.36 Å². The van der Waals surface area contributed by atoms with Gasteiger partial charge in [-0.2, -0.15) is 0 Å². The average molecular weight is 304 g/mol. The molecule has 0 fully saturated rings. The number of rotatable bonds is 3. The predicted octanol–water partition coefficient (Wildman–Crippen LogP) is 3.80. The van der Waals surface area contributed by atoms with Crippen LogP contribution in [0.1, 0.15) is 0 Å². The predicted molar refractivity (Wildman–Crippen MR) is 68.2 cm³/mol. The van der Waals surface area contributed by atoms with Crippen molar-refractivity contribution in [2.75, 3.05) is 11.9 Å². The molecule has 1 aromatic heterocycles. The lowest BCUT2D eigenvalue weighted by molar-refractivity contribution is -0.274. The first-order valence-electron chi connectivity index (χ1n) is 5.44. The van der Waals surface area contributed by atoms with Crippen molar-refractivity contribution in [1.29, 1.82) is 0 Å². The van der Waals surface area contributed by atoms with E-state index in [-0.39, 0.29) is 10.9 Å². The van der Waals surface area contributed by atoms with Gasteiger partial charge in [0.05, 0.1) is 0 Å². The van der Waals surface area contributed by atoms with Crippen LogP contribution in [-0.2, 0) is 0 Å². The Morgan fingerprint density at radius 2 is 1.70 bits per heavy atom. The molecule has 0 N–H and O–H groups in total. The van der Waals surface area contributed by atoms with E-state index in [1.807, 2.05) is 0 Å². The van der Waals surface area contributed by atoms with Gasteiger partial charge >= 0.3 is 6.36 Å².